The van der Waals surface area contributed by atoms with E-state index in [1.54, 1.807) is 18.9 Å². The normalized spacial score (nSPS) is 25.4. The Balaban J connectivity index is 1.68. The van der Waals surface area contributed by atoms with Crippen LogP contribution < -0.4 is 9.64 Å². The summed E-state index contributed by atoms with van der Waals surface area (Å²) >= 11 is 8.58. The smallest absolute Gasteiger partial charge is 0.248 e. The minimum absolute atomic E-state index is 0.0287. The number of methoxy groups -OCH3 is 1. The number of fused-ring (bicyclic) bond motifs is 3. The quantitative estimate of drug-likeness (QED) is 0.396. The number of ether oxygens (including phenoxy) is 1. The van der Waals surface area contributed by atoms with Crippen LogP contribution in [0, 0.1) is 0 Å². The minimum Gasteiger partial charge on any atom is -0.497 e. The Labute approximate surface area is 179 Å². The Kier molecular flexibility index (Phi) is 4.56. The van der Waals surface area contributed by atoms with Crippen LogP contribution >= 0.6 is 23.4 Å². The number of β-lactam (4-membered cyclic amide) rings is 1. The van der Waals surface area contributed by atoms with Crippen molar-refractivity contribution in [2.24, 2.45) is 0 Å². The summed E-state index contributed by atoms with van der Waals surface area (Å²) < 4.78 is 5.33. The van der Waals surface area contributed by atoms with Gasteiger partial charge < -0.3 is 4.74 Å². The van der Waals surface area contributed by atoms with E-state index in [1.165, 1.54) is 5.56 Å². The second-order valence-electron chi connectivity index (χ2n) is 7.38. The average Bonchev–Trinajstić information content (AvgIpc) is 2.92. The van der Waals surface area contributed by atoms with Crippen molar-refractivity contribution in [3.8, 4) is 5.75 Å². The number of benzene rings is 3. The number of rotatable bonds is 3. The van der Waals surface area contributed by atoms with Gasteiger partial charge in [-0.25, -0.2) is 0 Å². The van der Waals surface area contributed by atoms with E-state index in [4.69, 9.17) is 16.3 Å². The maximum absolute atomic E-state index is 13.0. The second-order valence-corrected chi connectivity index (χ2v) is 9.06. The number of alkyl halides is 1. The molecule has 2 heterocycles. The zero-order valence-corrected chi connectivity index (χ0v) is 17.5. The Hall–Kier alpha value is -2.43. The van der Waals surface area contributed by atoms with Gasteiger partial charge in [-0.15, -0.1) is 23.4 Å². The summed E-state index contributed by atoms with van der Waals surface area (Å²) in [4.78, 5) is 16.0. The summed E-state index contributed by atoms with van der Waals surface area (Å²) in [5.41, 5.74) is 2.66. The molecular formula is C24H20ClNO2S. The van der Waals surface area contributed by atoms with Crippen LogP contribution in [-0.2, 0) is 10.3 Å². The van der Waals surface area contributed by atoms with Gasteiger partial charge in [0, 0.05) is 10.1 Å². The number of nitrogens with zero attached hydrogens (tertiary/aromatic N) is 1. The van der Waals surface area contributed by atoms with Crippen molar-refractivity contribution in [1.29, 1.82) is 0 Å². The molecule has 1 fully saturated rings. The van der Waals surface area contributed by atoms with Crippen molar-refractivity contribution >= 4 is 35.0 Å². The lowest BCUT2D eigenvalue weighted by Gasteiger charge is -2.55. The fraction of sp³-hybridized carbons (Fsp3) is 0.208. The second kappa shape index (κ2) is 7.12. The van der Waals surface area contributed by atoms with Gasteiger partial charge in [0.05, 0.1) is 18.3 Å². The number of halogens is 1. The topological polar surface area (TPSA) is 29.5 Å². The standard InChI is InChI=1S/C24H20ClNO2S/c1-28-18-13-11-16(12-14-18)21-15-24(17-7-3-2-4-8-17)22(25)23(27)26(24)19-9-5-6-10-20(19)29-21/h2-14,21-22H,15H2,1H3/t21-,22-,24-/m0/s1. The molecule has 0 unspecified atom stereocenters. The summed E-state index contributed by atoms with van der Waals surface area (Å²) in [5, 5.41) is -0.431. The first kappa shape index (κ1) is 18.6. The van der Waals surface area contributed by atoms with E-state index in [1.807, 2.05) is 53.4 Å². The molecule has 2 aliphatic rings. The molecule has 0 spiro atoms. The van der Waals surface area contributed by atoms with E-state index in [9.17, 15) is 4.79 Å². The predicted molar refractivity (Wildman–Crippen MR) is 118 cm³/mol. The van der Waals surface area contributed by atoms with Crippen LogP contribution in [0.2, 0.25) is 0 Å². The number of carbonyl (C=O) groups excluding carboxylic acids is 1. The molecular weight excluding hydrogens is 402 g/mol. The predicted octanol–water partition coefficient (Wildman–Crippen LogP) is 5.78. The lowest BCUT2D eigenvalue weighted by atomic mass is 9.72. The van der Waals surface area contributed by atoms with E-state index in [2.05, 4.69) is 30.3 Å². The molecule has 3 atom stereocenters. The SMILES string of the molecule is COc1ccc([C@@H]2C[C@]3(c4ccccc4)[C@@H](Cl)C(=O)N3c3ccccc3S2)cc1. The zero-order chi connectivity index (χ0) is 20.0. The molecule has 1 amide bonds. The van der Waals surface area contributed by atoms with Crippen molar-refractivity contribution in [2.75, 3.05) is 12.0 Å². The highest BCUT2D eigenvalue weighted by molar-refractivity contribution is 7.99. The van der Waals surface area contributed by atoms with Crippen LogP contribution in [-0.4, -0.2) is 18.4 Å². The van der Waals surface area contributed by atoms with Gasteiger partial charge in [0.15, 0.2) is 0 Å². The van der Waals surface area contributed by atoms with E-state index >= 15 is 0 Å². The summed E-state index contributed by atoms with van der Waals surface area (Å²) in [7, 11) is 1.67. The molecule has 0 aromatic heterocycles. The Bertz CT molecular complexity index is 1060. The molecule has 5 rings (SSSR count). The molecule has 2 aliphatic heterocycles. The van der Waals surface area contributed by atoms with Crippen LogP contribution in [0.15, 0.2) is 83.8 Å². The number of amides is 1. The fourth-order valence-electron chi connectivity index (χ4n) is 4.43. The number of anilines is 1. The molecule has 0 radical (unpaired) electrons. The zero-order valence-electron chi connectivity index (χ0n) is 15.9. The fourth-order valence-corrected chi connectivity index (χ4v) is 6.22. The van der Waals surface area contributed by atoms with Crippen LogP contribution in [0.25, 0.3) is 0 Å². The van der Waals surface area contributed by atoms with Crippen molar-refractivity contribution in [2.45, 2.75) is 27.5 Å². The number of thioether (sulfide) groups is 1. The monoisotopic (exact) mass is 421 g/mol. The van der Waals surface area contributed by atoms with Gasteiger partial charge in [-0.3, -0.25) is 9.69 Å². The first-order chi connectivity index (χ1) is 14.1. The summed E-state index contributed by atoms with van der Waals surface area (Å²) in [5.74, 6) is 0.806. The molecule has 3 aromatic carbocycles. The van der Waals surface area contributed by atoms with Gasteiger partial charge in [-0.05, 0) is 41.8 Å². The van der Waals surface area contributed by atoms with Gasteiger partial charge in [0.25, 0.3) is 0 Å². The number of carbonyl (C=O) groups is 1. The van der Waals surface area contributed by atoms with Gasteiger partial charge in [-0.2, -0.15) is 0 Å². The molecule has 0 bridgehead atoms. The minimum atomic E-state index is -0.586. The van der Waals surface area contributed by atoms with Gasteiger partial charge in [-0.1, -0.05) is 54.6 Å². The van der Waals surface area contributed by atoms with Crippen LogP contribution in [0.1, 0.15) is 22.8 Å². The third-order valence-corrected chi connectivity index (χ3v) is 7.76. The molecule has 146 valence electrons. The largest absolute Gasteiger partial charge is 0.497 e. The molecule has 3 aromatic rings. The summed E-state index contributed by atoms with van der Waals surface area (Å²) in [6.45, 7) is 0. The molecule has 5 heteroatoms. The third-order valence-electron chi connectivity index (χ3n) is 5.89. The molecule has 1 saturated heterocycles. The highest BCUT2D eigenvalue weighted by Gasteiger charge is 2.63. The molecule has 3 nitrogen and oxygen atoms in total. The third kappa shape index (κ3) is 2.77. The molecule has 0 N–H and O–H groups in total. The first-order valence-electron chi connectivity index (χ1n) is 9.58. The molecule has 29 heavy (non-hydrogen) atoms. The average molecular weight is 422 g/mol. The molecule has 0 saturated carbocycles. The molecule has 0 aliphatic carbocycles. The Morgan fingerprint density at radius 3 is 2.41 bits per heavy atom. The van der Waals surface area contributed by atoms with Crippen molar-refractivity contribution in [1.82, 2.24) is 0 Å². The Morgan fingerprint density at radius 2 is 1.69 bits per heavy atom. The maximum atomic E-state index is 13.0. The van der Waals surface area contributed by atoms with Crippen molar-refractivity contribution in [3.63, 3.8) is 0 Å². The summed E-state index contributed by atoms with van der Waals surface area (Å²) in [6.07, 6.45) is 0.739. The van der Waals surface area contributed by atoms with Crippen LogP contribution in [0.3, 0.4) is 0 Å². The Morgan fingerprint density at radius 1 is 1.00 bits per heavy atom. The highest BCUT2D eigenvalue weighted by Crippen LogP contribution is 2.60. The highest BCUT2D eigenvalue weighted by atomic mass is 35.5. The van der Waals surface area contributed by atoms with E-state index < -0.39 is 10.9 Å². The van der Waals surface area contributed by atoms with E-state index in [0.29, 0.717) is 0 Å². The lowest BCUT2D eigenvalue weighted by Crippen LogP contribution is -2.70. The number of hydrogen-bond acceptors (Lipinski definition) is 3. The van der Waals surface area contributed by atoms with Crippen LogP contribution in [0.4, 0.5) is 5.69 Å². The van der Waals surface area contributed by atoms with Crippen molar-refractivity contribution in [3.05, 3.63) is 90.0 Å². The lowest BCUT2D eigenvalue weighted by molar-refractivity contribution is -0.127. The van der Waals surface area contributed by atoms with Gasteiger partial charge in [0.1, 0.15) is 11.1 Å². The first-order valence-corrected chi connectivity index (χ1v) is 10.9. The maximum Gasteiger partial charge on any atom is 0.248 e. The van der Waals surface area contributed by atoms with Gasteiger partial charge in [0.2, 0.25) is 5.91 Å². The van der Waals surface area contributed by atoms with Gasteiger partial charge >= 0.3 is 0 Å². The number of para-hydroxylation sites is 1. The summed E-state index contributed by atoms with van der Waals surface area (Å²) in [6, 6.07) is 26.5. The van der Waals surface area contributed by atoms with Crippen molar-refractivity contribution < 1.29 is 9.53 Å². The van der Waals surface area contributed by atoms with Crippen LogP contribution in [0.5, 0.6) is 5.75 Å². The van der Waals surface area contributed by atoms with E-state index in [-0.39, 0.29) is 11.2 Å². The number of hydrogen-bond donors (Lipinski definition) is 0. The van der Waals surface area contributed by atoms with E-state index in [0.717, 1.165) is 28.3 Å².